The van der Waals surface area contributed by atoms with Gasteiger partial charge in [0.05, 0.1) is 5.56 Å². The molecule has 0 spiro atoms. The molecule has 0 N–H and O–H groups in total. The Labute approximate surface area is 204 Å². The molecule has 0 amide bonds. The van der Waals surface area contributed by atoms with E-state index in [1.54, 1.807) is 19.1 Å². The van der Waals surface area contributed by atoms with Gasteiger partial charge in [0.15, 0.2) is 11.4 Å². The number of hydrogen-bond donors (Lipinski definition) is 0. The molecular weight excluding hydrogens is 435 g/mol. The SMILES string of the molecule is Cc1cccc(F)c1C(=O)/C=C(/OC1(C#Cc2ccccc2)Cc2ccccc21)c1ccccc1. The fourth-order valence-electron chi connectivity index (χ4n) is 4.34. The maximum atomic E-state index is 14.6. The van der Waals surface area contributed by atoms with E-state index in [1.807, 2.05) is 78.9 Å². The lowest BCUT2D eigenvalue weighted by Crippen LogP contribution is -2.40. The van der Waals surface area contributed by atoms with Gasteiger partial charge >= 0.3 is 0 Å². The molecule has 1 aliphatic rings. The van der Waals surface area contributed by atoms with Crippen LogP contribution in [0.5, 0.6) is 0 Å². The molecule has 0 aliphatic heterocycles. The number of benzene rings is 4. The van der Waals surface area contributed by atoms with E-state index in [2.05, 4.69) is 17.9 Å². The fourth-order valence-corrected chi connectivity index (χ4v) is 4.34. The van der Waals surface area contributed by atoms with Gasteiger partial charge in [0.1, 0.15) is 11.6 Å². The first kappa shape index (κ1) is 22.4. The second-order valence-corrected chi connectivity index (χ2v) is 8.55. The Balaban J connectivity index is 1.60. The molecule has 0 bridgehead atoms. The van der Waals surface area contributed by atoms with E-state index in [9.17, 15) is 9.18 Å². The van der Waals surface area contributed by atoms with E-state index in [0.29, 0.717) is 17.7 Å². The van der Waals surface area contributed by atoms with Crippen molar-refractivity contribution in [3.8, 4) is 11.8 Å². The molecule has 0 radical (unpaired) electrons. The molecular formula is C32H23FO2. The first-order valence-corrected chi connectivity index (χ1v) is 11.5. The van der Waals surface area contributed by atoms with Gasteiger partial charge in [-0.15, -0.1) is 0 Å². The summed E-state index contributed by atoms with van der Waals surface area (Å²) >= 11 is 0. The number of rotatable bonds is 5. The summed E-state index contributed by atoms with van der Waals surface area (Å²) in [4.78, 5) is 13.3. The van der Waals surface area contributed by atoms with Gasteiger partial charge in [-0.1, -0.05) is 90.8 Å². The van der Waals surface area contributed by atoms with Crippen molar-refractivity contribution in [2.45, 2.75) is 18.9 Å². The molecule has 1 unspecified atom stereocenters. The fraction of sp³-hybridized carbons (Fsp3) is 0.0938. The smallest absolute Gasteiger partial charge is 0.199 e. The number of halogens is 1. The van der Waals surface area contributed by atoms with Gasteiger partial charge in [0, 0.05) is 29.2 Å². The Hall–Kier alpha value is -4.42. The average molecular weight is 459 g/mol. The third-order valence-electron chi connectivity index (χ3n) is 6.15. The number of carbonyl (C=O) groups is 1. The lowest BCUT2D eigenvalue weighted by Gasteiger charge is -2.40. The van der Waals surface area contributed by atoms with Crippen molar-refractivity contribution in [1.82, 2.24) is 0 Å². The summed E-state index contributed by atoms with van der Waals surface area (Å²) in [6, 6.07) is 31.7. The average Bonchev–Trinajstić information content (AvgIpc) is 2.87. The Morgan fingerprint density at radius 1 is 0.886 bits per heavy atom. The molecule has 170 valence electrons. The molecule has 4 aromatic rings. The Morgan fingerprint density at radius 3 is 2.29 bits per heavy atom. The first-order valence-electron chi connectivity index (χ1n) is 11.5. The van der Waals surface area contributed by atoms with Gasteiger partial charge in [-0.05, 0) is 42.2 Å². The molecule has 35 heavy (non-hydrogen) atoms. The van der Waals surface area contributed by atoms with Gasteiger partial charge in [-0.25, -0.2) is 4.39 Å². The number of carbonyl (C=O) groups excluding carboxylic acids is 1. The Kier molecular flexibility index (Phi) is 6.04. The third kappa shape index (κ3) is 4.52. The maximum absolute atomic E-state index is 14.6. The highest BCUT2D eigenvalue weighted by Gasteiger charge is 2.44. The van der Waals surface area contributed by atoms with E-state index < -0.39 is 17.2 Å². The van der Waals surface area contributed by atoms with Crippen LogP contribution < -0.4 is 0 Å². The van der Waals surface area contributed by atoms with Crippen molar-refractivity contribution in [2.24, 2.45) is 0 Å². The number of aryl methyl sites for hydroxylation is 1. The van der Waals surface area contributed by atoms with Crippen LogP contribution in [0, 0.1) is 24.6 Å². The van der Waals surface area contributed by atoms with E-state index in [4.69, 9.17) is 4.74 Å². The Morgan fingerprint density at radius 2 is 1.57 bits per heavy atom. The van der Waals surface area contributed by atoms with Crippen molar-refractivity contribution in [1.29, 1.82) is 0 Å². The van der Waals surface area contributed by atoms with E-state index >= 15 is 0 Å². The minimum atomic E-state index is -0.918. The highest BCUT2D eigenvalue weighted by molar-refractivity contribution is 6.09. The molecule has 0 saturated heterocycles. The molecule has 2 nitrogen and oxygen atoms in total. The predicted molar refractivity (Wildman–Crippen MR) is 136 cm³/mol. The number of ketones is 1. The highest BCUT2D eigenvalue weighted by Crippen LogP contribution is 2.44. The second kappa shape index (κ2) is 9.44. The molecule has 3 heteroatoms. The normalized spacial score (nSPS) is 16.3. The van der Waals surface area contributed by atoms with Crippen LogP contribution in [0.3, 0.4) is 0 Å². The third-order valence-corrected chi connectivity index (χ3v) is 6.15. The van der Waals surface area contributed by atoms with Crippen LogP contribution >= 0.6 is 0 Å². The van der Waals surface area contributed by atoms with Gasteiger partial charge in [-0.3, -0.25) is 4.79 Å². The quantitative estimate of drug-likeness (QED) is 0.141. The van der Waals surface area contributed by atoms with E-state index in [-0.39, 0.29) is 5.56 Å². The number of ether oxygens (including phenoxy) is 1. The summed E-state index contributed by atoms with van der Waals surface area (Å²) in [6.45, 7) is 1.72. The van der Waals surface area contributed by atoms with Crippen molar-refractivity contribution in [3.63, 3.8) is 0 Å². The standard InChI is InChI=1S/C32H23FO2/c1-23-11-10-18-28(33)31(23)29(34)21-30(25-14-6-3-7-15-25)35-32(20-19-24-12-4-2-5-13-24)22-26-16-8-9-17-27(26)32/h2-18,21H,22H2,1H3/b30-21+. The summed E-state index contributed by atoms with van der Waals surface area (Å²) in [7, 11) is 0. The first-order chi connectivity index (χ1) is 17.1. The van der Waals surface area contributed by atoms with Crippen molar-refractivity contribution < 1.29 is 13.9 Å². The molecule has 1 atom stereocenters. The minimum absolute atomic E-state index is 0.0444. The number of hydrogen-bond acceptors (Lipinski definition) is 2. The summed E-state index contributed by atoms with van der Waals surface area (Å²) in [5, 5.41) is 0. The van der Waals surface area contributed by atoms with Crippen LogP contribution in [0.15, 0.2) is 109 Å². The van der Waals surface area contributed by atoms with Gasteiger partial charge in [0.2, 0.25) is 0 Å². The molecule has 1 aliphatic carbocycles. The topological polar surface area (TPSA) is 26.3 Å². The zero-order valence-electron chi connectivity index (χ0n) is 19.3. The molecule has 0 saturated carbocycles. The van der Waals surface area contributed by atoms with E-state index in [0.717, 1.165) is 22.3 Å². The zero-order chi connectivity index (χ0) is 24.3. The van der Waals surface area contributed by atoms with Gasteiger partial charge < -0.3 is 4.74 Å². The summed E-state index contributed by atoms with van der Waals surface area (Å²) in [5.74, 6) is 5.94. The molecule has 5 rings (SSSR count). The monoisotopic (exact) mass is 458 g/mol. The molecule has 0 heterocycles. The van der Waals surface area contributed by atoms with Gasteiger partial charge in [-0.2, -0.15) is 0 Å². The second-order valence-electron chi connectivity index (χ2n) is 8.55. The largest absolute Gasteiger partial charge is 0.469 e. The molecule has 4 aromatic carbocycles. The van der Waals surface area contributed by atoms with Crippen LogP contribution in [0.4, 0.5) is 4.39 Å². The summed E-state index contributed by atoms with van der Waals surface area (Å²) in [6.07, 6.45) is 1.97. The summed E-state index contributed by atoms with van der Waals surface area (Å²) < 4.78 is 21.2. The maximum Gasteiger partial charge on any atom is 0.199 e. The zero-order valence-corrected chi connectivity index (χ0v) is 19.3. The van der Waals surface area contributed by atoms with Crippen LogP contribution in [0.2, 0.25) is 0 Å². The lowest BCUT2D eigenvalue weighted by atomic mass is 9.73. The van der Waals surface area contributed by atoms with E-state index in [1.165, 1.54) is 12.1 Å². The number of fused-ring (bicyclic) bond motifs is 1. The van der Waals surface area contributed by atoms with Crippen LogP contribution in [0.25, 0.3) is 5.76 Å². The highest BCUT2D eigenvalue weighted by atomic mass is 19.1. The molecule has 0 aromatic heterocycles. The predicted octanol–water partition coefficient (Wildman–Crippen LogP) is 6.88. The van der Waals surface area contributed by atoms with Crippen molar-refractivity contribution >= 4 is 11.5 Å². The van der Waals surface area contributed by atoms with Crippen LogP contribution in [-0.4, -0.2) is 5.78 Å². The van der Waals surface area contributed by atoms with Crippen LogP contribution in [0.1, 0.15) is 38.2 Å². The number of allylic oxidation sites excluding steroid dienone is 1. The van der Waals surface area contributed by atoms with Crippen molar-refractivity contribution in [2.75, 3.05) is 0 Å². The van der Waals surface area contributed by atoms with Crippen molar-refractivity contribution in [3.05, 3.63) is 148 Å². The summed E-state index contributed by atoms with van der Waals surface area (Å²) in [5.41, 5.74) is 3.43. The molecule has 0 fully saturated rings. The minimum Gasteiger partial charge on any atom is -0.469 e. The Bertz CT molecular complexity index is 1460. The van der Waals surface area contributed by atoms with Crippen LogP contribution in [-0.2, 0) is 16.8 Å². The lowest BCUT2D eigenvalue weighted by molar-refractivity contribution is 0.0715. The van der Waals surface area contributed by atoms with Gasteiger partial charge in [0.25, 0.3) is 0 Å².